The highest BCUT2D eigenvalue weighted by Crippen LogP contribution is 2.49. The minimum absolute atomic E-state index is 0.0268. The molecule has 2 aromatic carbocycles. The number of thiophene rings is 1. The van der Waals surface area contributed by atoms with Crippen molar-refractivity contribution in [1.82, 2.24) is 25.4 Å². The number of aliphatic hydroxyl groups is 1. The Hall–Kier alpha value is -4.88. The van der Waals surface area contributed by atoms with Gasteiger partial charge in [0.1, 0.15) is 11.9 Å². The minimum Gasteiger partial charge on any atom is -0.421 e. The molecule has 2 aliphatic rings. The van der Waals surface area contributed by atoms with Crippen molar-refractivity contribution >= 4 is 23.2 Å². The van der Waals surface area contributed by atoms with E-state index in [1.165, 1.54) is 18.2 Å². The SMILES string of the molecule is Cc1nnc(-c2c(CCc3ccc(F)cc3)nc3c(c2-c2ccc(C(=O)NCc4ccc(F)c(F)c4)s2)C(=O)N2CC[C@@H](O)[C@H]32)o1. The second-order valence-electron chi connectivity index (χ2n) is 11.2. The van der Waals surface area contributed by atoms with Crippen molar-refractivity contribution < 1.29 is 32.3 Å². The molecule has 0 bridgehead atoms. The lowest BCUT2D eigenvalue weighted by atomic mass is 9.92. The number of aromatic nitrogens is 3. The van der Waals surface area contributed by atoms with Crippen LogP contribution in [-0.4, -0.2) is 49.7 Å². The van der Waals surface area contributed by atoms with Gasteiger partial charge in [0, 0.05) is 30.5 Å². The van der Waals surface area contributed by atoms with Gasteiger partial charge in [0.25, 0.3) is 11.8 Å². The lowest BCUT2D eigenvalue weighted by molar-refractivity contribution is 0.0699. The predicted molar refractivity (Wildman–Crippen MR) is 161 cm³/mol. The molecule has 9 nitrogen and oxygen atoms in total. The van der Waals surface area contributed by atoms with Crippen LogP contribution in [0.15, 0.2) is 59.0 Å². The summed E-state index contributed by atoms with van der Waals surface area (Å²) in [7, 11) is 0. The Morgan fingerprint density at radius 1 is 1.00 bits per heavy atom. The molecule has 0 saturated carbocycles. The third-order valence-electron chi connectivity index (χ3n) is 8.24. The molecule has 2 aliphatic heterocycles. The Kier molecular flexibility index (Phi) is 7.65. The summed E-state index contributed by atoms with van der Waals surface area (Å²) < 4.78 is 46.5. The van der Waals surface area contributed by atoms with Gasteiger partial charge in [-0.15, -0.1) is 21.5 Å². The molecule has 3 aromatic heterocycles. The standard InChI is InChI=1S/C33H26F3N5O4S/c1-16-39-40-32(45-16)26-22(9-5-17-2-6-19(34)7-3-17)38-29-28(33(44)41-13-12-23(42)30(29)41)27(26)24-10-11-25(46-24)31(43)37-15-18-4-8-20(35)21(36)14-18/h2-4,6-8,10-11,14,23,30,42H,5,9,12-13,15H2,1H3,(H,37,43)/t23-,30-/m1/s1. The van der Waals surface area contributed by atoms with Gasteiger partial charge in [0.15, 0.2) is 11.6 Å². The predicted octanol–water partition coefficient (Wildman–Crippen LogP) is 5.56. The Bertz CT molecular complexity index is 1990. The van der Waals surface area contributed by atoms with Crippen LogP contribution >= 0.6 is 11.3 Å². The van der Waals surface area contributed by atoms with Gasteiger partial charge in [-0.3, -0.25) is 14.6 Å². The van der Waals surface area contributed by atoms with E-state index in [-0.39, 0.29) is 24.2 Å². The third-order valence-corrected chi connectivity index (χ3v) is 9.34. The highest BCUT2D eigenvalue weighted by Gasteiger charge is 2.49. The van der Waals surface area contributed by atoms with Gasteiger partial charge < -0.3 is 19.7 Å². The molecule has 13 heteroatoms. The van der Waals surface area contributed by atoms with Gasteiger partial charge in [0.2, 0.25) is 11.8 Å². The number of carbonyl (C=O) groups is 2. The Morgan fingerprint density at radius 3 is 2.52 bits per heavy atom. The molecule has 0 unspecified atom stereocenters. The van der Waals surface area contributed by atoms with Crippen LogP contribution in [0.5, 0.6) is 0 Å². The number of aliphatic hydroxyl groups excluding tert-OH is 1. The van der Waals surface area contributed by atoms with Crippen LogP contribution in [0.1, 0.15) is 60.9 Å². The average Bonchev–Trinajstić information content (AvgIpc) is 3.84. The zero-order valence-corrected chi connectivity index (χ0v) is 25.2. The van der Waals surface area contributed by atoms with Gasteiger partial charge in [0.05, 0.1) is 33.5 Å². The van der Waals surface area contributed by atoms with E-state index < -0.39 is 29.7 Å². The number of benzene rings is 2. The molecule has 5 heterocycles. The molecule has 2 amide bonds. The van der Waals surface area contributed by atoms with Gasteiger partial charge in [-0.2, -0.15) is 0 Å². The minimum atomic E-state index is -1.01. The summed E-state index contributed by atoms with van der Waals surface area (Å²) in [6.07, 6.45) is 0.475. The van der Waals surface area contributed by atoms with Gasteiger partial charge in [-0.05, 0) is 66.8 Å². The molecular formula is C33H26F3N5O4S. The number of carbonyl (C=O) groups excluding carboxylic acids is 2. The van der Waals surface area contributed by atoms with Crippen LogP contribution in [0.2, 0.25) is 0 Å². The summed E-state index contributed by atoms with van der Waals surface area (Å²) in [5, 5.41) is 21.9. The molecule has 234 valence electrons. The highest BCUT2D eigenvalue weighted by molar-refractivity contribution is 7.17. The van der Waals surface area contributed by atoms with E-state index >= 15 is 0 Å². The van der Waals surface area contributed by atoms with Crippen LogP contribution in [0.4, 0.5) is 13.2 Å². The number of aryl methyl sites for hydroxylation is 3. The monoisotopic (exact) mass is 645 g/mol. The molecule has 2 atom stereocenters. The first-order chi connectivity index (χ1) is 22.2. The fourth-order valence-electron chi connectivity index (χ4n) is 6.04. The van der Waals surface area contributed by atoms with Crippen LogP contribution in [0, 0.1) is 24.4 Å². The van der Waals surface area contributed by atoms with Crippen molar-refractivity contribution in [2.75, 3.05) is 6.54 Å². The summed E-state index contributed by atoms with van der Waals surface area (Å²) in [6.45, 7) is 1.98. The Labute approximate surface area is 264 Å². The molecule has 1 saturated heterocycles. The van der Waals surface area contributed by atoms with E-state index in [1.54, 1.807) is 36.1 Å². The van der Waals surface area contributed by atoms with E-state index in [2.05, 4.69) is 15.5 Å². The van der Waals surface area contributed by atoms with Gasteiger partial charge >= 0.3 is 0 Å². The zero-order chi connectivity index (χ0) is 32.1. The maximum atomic E-state index is 13.9. The van der Waals surface area contributed by atoms with E-state index in [1.807, 2.05) is 0 Å². The smallest absolute Gasteiger partial charge is 0.261 e. The summed E-state index contributed by atoms with van der Waals surface area (Å²) in [5.41, 5.74) is 3.47. The molecule has 7 rings (SSSR count). The Balaban J connectivity index is 1.32. The molecular weight excluding hydrogens is 619 g/mol. The van der Waals surface area contributed by atoms with Crippen molar-refractivity contribution in [2.24, 2.45) is 0 Å². The molecule has 2 N–H and O–H groups in total. The first-order valence-corrected chi connectivity index (χ1v) is 15.4. The summed E-state index contributed by atoms with van der Waals surface area (Å²) in [6, 6.07) is 12.3. The number of rotatable bonds is 8. The number of nitrogens with zero attached hydrogens (tertiary/aromatic N) is 4. The van der Waals surface area contributed by atoms with Crippen molar-refractivity contribution in [3.05, 3.63) is 111 Å². The number of hydrogen-bond donors (Lipinski definition) is 2. The normalized spacial score (nSPS) is 17.0. The summed E-state index contributed by atoms with van der Waals surface area (Å²) >= 11 is 1.13. The fraction of sp³-hybridized carbons (Fsp3) is 0.242. The molecule has 0 radical (unpaired) electrons. The van der Waals surface area contributed by atoms with Crippen molar-refractivity contribution in [2.45, 2.75) is 44.9 Å². The van der Waals surface area contributed by atoms with Crippen molar-refractivity contribution in [3.8, 4) is 21.9 Å². The molecule has 1 fully saturated rings. The number of pyridine rings is 1. The lowest BCUT2D eigenvalue weighted by Crippen LogP contribution is -2.25. The van der Waals surface area contributed by atoms with E-state index in [0.29, 0.717) is 75.1 Å². The molecule has 0 spiro atoms. The largest absolute Gasteiger partial charge is 0.421 e. The quantitative estimate of drug-likeness (QED) is 0.227. The van der Waals surface area contributed by atoms with Crippen LogP contribution in [0.25, 0.3) is 21.9 Å². The van der Waals surface area contributed by atoms with Gasteiger partial charge in [-0.25, -0.2) is 13.2 Å². The number of hydrogen-bond acceptors (Lipinski definition) is 8. The number of fused-ring (bicyclic) bond motifs is 3. The number of amides is 2. The second-order valence-corrected chi connectivity index (χ2v) is 12.3. The lowest BCUT2D eigenvalue weighted by Gasteiger charge is -2.18. The van der Waals surface area contributed by atoms with Crippen molar-refractivity contribution in [3.63, 3.8) is 0 Å². The van der Waals surface area contributed by atoms with Crippen LogP contribution < -0.4 is 5.32 Å². The second kappa shape index (κ2) is 11.8. The van der Waals surface area contributed by atoms with E-state index in [4.69, 9.17) is 9.40 Å². The number of halogens is 3. The zero-order valence-electron chi connectivity index (χ0n) is 24.4. The fourth-order valence-corrected chi connectivity index (χ4v) is 7.02. The maximum absolute atomic E-state index is 13.9. The Morgan fingerprint density at radius 2 is 1.78 bits per heavy atom. The van der Waals surface area contributed by atoms with Crippen molar-refractivity contribution in [1.29, 1.82) is 0 Å². The van der Waals surface area contributed by atoms with Crippen LogP contribution in [-0.2, 0) is 19.4 Å². The molecule has 46 heavy (non-hydrogen) atoms. The maximum Gasteiger partial charge on any atom is 0.261 e. The summed E-state index contributed by atoms with van der Waals surface area (Å²) in [5.74, 6) is -2.62. The highest BCUT2D eigenvalue weighted by atomic mass is 32.1. The number of nitrogens with one attached hydrogen (secondary N) is 1. The first-order valence-electron chi connectivity index (χ1n) is 14.6. The van der Waals surface area contributed by atoms with E-state index in [9.17, 15) is 27.9 Å². The van der Waals surface area contributed by atoms with Crippen LogP contribution in [0.3, 0.4) is 0 Å². The average molecular weight is 646 g/mol. The third kappa shape index (κ3) is 5.35. The topological polar surface area (TPSA) is 121 Å². The first kappa shape index (κ1) is 29.8. The molecule has 5 aromatic rings. The molecule has 0 aliphatic carbocycles. The van der Waals surface area contributed by atoms with E-state index in [0.717, 1.165) is 29.0 Å². The van der Waals surface area contributed by atoms with Gasteiger partial charge in [-0.1, -0.05) is 18.2 Å². The summed E-state index contributed by atoms with van der Waals surface area (Å²) in [4.78, 5) is 34.5.